The lowest BCUT2D eigenvalue weighted by molar-refractivity contribution is -0.126. The summed E-state index contributed by atoms with van der Waals surface area (Å²) < 4.78 is 18.7. The van der Waals surface area contributed by atoms with E-state index in [1.807, 2.05) is 50.7 Å². The van der Waals surface area contributed by atoms with Gasteiger partial charge in [0.1, 0.15) is 11.0 Å². The van der Waals surface area contributed by atoms with Crippen LogP contribution in [0.2, 0.25) is 5.02 Å². The number of likely N-dealkylation sites (N-methyl/N-ethyl adjacent to an activating group) is 1. The van der Waals surface area contributed by atoms with Gasteiger partial charge in [-0.2, -0.15) is 5.26 Å². The maximum atomic E-state index is 16.7. The van der Waals surface area contributed by atoms with Gasteiger partial charge >= 0.3 is 0 Å². The number of imidazole rings is 1. The summed E-state index contributed by atoms with van der Waals surface area (Å²) in [5.41, 5.74) is 4.71. The number of hydrogen-bond acceptors (Lipinski definition) is 6. The molecule has 216 valence electrons. The molecule has 6 rings (SSSR count). The maximum Gasteiger partial charge on any atom is 0.246 e. The minimum absolute atomic E-state index is 0.165. The summed E-state index contributed by atoms with van der Waals surface area (Å²) in [6, 6.07) is 9.74. The molecule has 0 bridgehead atoms. The number of halogens is 2. The van der Waals surface area contributed by atoms with Crippen LogP contribution in [0.25, 0.3) is 33.1 Å². The zero-order chi connectivity index (χ0) is 29.9. The topological polar surface area (TPSA) is 81.3 Å². The van der Waals surface area contributed by atoms with Crippen molar-refractivity contribution in [2.24, 2.45) is 0 Å². The predicted octanol–water partition coefficient (Wildman–Crippen LogP) is 5.65. The highest BCUT2D eigenvalue weighted by Crippen LogP contribution is 2.43. The number of nitriles is 1. The standard InChI is InChI=1S/C32H33ClFN7O/c1-6-26(42)40-16-21(12-20(40)10-11-35)41-17-36-30-31(41)24-13-25(33)27(23-9-7-8-18(2)19(23)3)28(34)29(24)37-32(30)39-14-22(15-39)38(4)5/h6-9,13,17,20-22H,1,10,12,14-16H2,2-5H3/t20-,21+/m0/s1. The van der Waals surface area contributed by atoms with Crippen molar-refractivity contribution < 1.29 is 9.18 Å². The number of carbonyl (C=O) groups is 1. The van der Waals surface area contributed by atoms with Crippen molar-refractivity contribution in [3.63, 3.8) is 0 Å². The minimum Gasteiger partial charge on any atom is -0.351 e. The summed E-state index contributed by atoms with van der Waals surface area (Å²) >= 11 is 6.88. The van der Waals surface area contributed by atoms with Gasteiger partial charge in [0.2, 0.25) is 5.91 Å². The Bertz CT molecular complexity index is 1790. The molecule has 2 aliphatic rings. The summed E-state index contributed by atoms with van der Waals surface area (Å²) in [5.74, 6) is -0.0472. The largest absolute Gasteiger partial charge is 0.351 e. The second-order valence-corrected chi connectivity index (χ2v) is 12.0. The highest BCUT2D eigenvalue weighted by atomic mass is 35.5. The fourth-order valence-corrected chi connectivity index (χ4v) is 6.64. The van der Waals surface area contributed by atoms with E-state index in [-0.39, 0.29) is 29.9 Å². The van der Waals surface area contributed by atoms with Crippen molar-refractivity contribution >= 4 is 45.3 Å². The molecule has 2 aliphatic heterocycles. The SMILES string of the molecule is C=CC(=O)N1C[C@H](n2cnc3c(N4CC(N(C)C)C4)nc4c(F)c(-c5cccc(C)c5C)c(Cl)cc4c32)C[C@@H]1CC#N. The Labute approximate surface area is 249 Å². The van der Waals surface area contributed by atoms with Gasteiger partial charge in [-0.05, 0) is 63.2 Å². The molecule has 42 heavy (non-hydrogen) atoms. The number of benzene rings is 2. The van der Waals surface area contributed by atoms with Crippen LogP contribution in [0.5, 0.6) is 0 Å². The zero-order valence-electron chi connectivity index (χ0n) is 24.2. The molecule has 0 spiro atoms. The van der Waals surface area contributed by atoms with Crippen molar-refractivity contribution in [1.29, 1.82) is 5.26 Å². The van der Waals surface area contributed by atoms with E-state index in [2.05, 4.69) is 22.4 Å². The quantitative estimate of drug-likeness (QED) is 0.272. The lowest BCUT2D eigenvalue weighted by Crippen LogP contribution is -2.57. The normalized spacial score (nSPS) is 19.1. The first-order chi connectivity index (χ1) is 20.1. The molecule has 2 saturated heterocycles. The fraction of sp³-hybridized carbons (Fsp3) is 0.375. The summed E-state index contributed by atoms with van der Waals surface area (Å²) in [5, 5.41) is 10.3. The molecular formula is C32H33ClFN7O. The fourth-order valence-electron chi connectivity index (χ4n) is 6.35. The number of hydrogen-bond donors (Lipinski definition) is 0. The van der Waals surface area contributed by atoms with E-state index in [0.717, 1.165) is 35.3 Å². The number of amides is 1. The van der Waals surface area contributed by atoms with E-state index in [1.165, 1.54) is 6.08 Å². The first-order valence-electron chi connectivity index (χ1n) is 14.1. The van der Waals surface area contributed by atoms with Crippen molar-refractivity contribution in [1.82, 2.24) is 24.3 Å². The molecule has 8 nitrogen and oxygen atoms in total. The second-order valence-electron chi connectivity index (χ2n) is 11.6. The molecule has 4 aromatic rings. The van der Waals surface area contributed by atoms with E-state index in [0.29, 0.717) is 46.3 Å². The number of likely N-dealkylation sites (tertiary alicyclic amines) is 1. The van der Waals surface area contributed by atoms with Crippen LogP contribution in [-0.4, -0.2) is 76.1 Å². The van der Waals surface area contributed by atoms with Gasteiger partial charge in [0.05, 0.1) is 35.4 Å². The van der Waals surface area contributed by atoms with Gasteiger partial charge < -0.3 is 19.3 Å². The Hall–Kier alpha value is -4.00. The summed E-state index contributed by atoms with van der Waals surface area (Å²) in [7, 11) is 4.10. The lowest BCUT2D eigenvalue weighted by Gasteiger charge is -2.43. The van der Waals surface area contributed by atoms with Crippen LogP contribution >= 0.6 is 11.6 Å². The number of rotatable bonds is 6. The van der Waals surface area contributed by atoms with Crippen LogP contribution in [-0.2, 0) is 4.79 Å². The van der Waals surface area contributed by atoms with E-state index in [9.17, 15) is 10.1 Å². The first kappa shape index (κ1) is 28.1. The van der Waals surface area contributed by atoms with E-state index >= 15 is 4.39 Å². The molecule has 0 saturated carbocycles. The zero-order valence-corrected chi connectivity index (χ0v) is 25.0. The van der Waals surface area contributed by atoms with Crippen LogP contribution in [0.1, 0.15) is 30.0 Å². The number of carbonyl (C=O) groups excluding carboxylic acids is 1. The van der Waals surface area contributed by atoms with E-state index in [4.69, 9.17) is 21.6 Å². The molecule has 1 amide bonds. The van der Waals surface area contributed by atoms with E-state index < -0.39 is 5.82 Å². The first-order valence-corrected chi connectivity index (χ1v) is 14.5. The third kappa shape index (κ3) is 4.41. The highest BCUT2D eigenvalue weighted by molar-refractivity contribution is 6.35. The van der Waals surface area contributed by atoms with Gasteiger partial charge in [0.25, 0.3) is 0 Å². The lowest BCUT2D eigenvalue weighted by atomic mass is 9.95. The molecule has 0 unspecified atom stereocenters. The van der Waals surface area contributed by atoms with Crippen LogP contribution in [0.15, 0.2) is 43.2 Å². The average molecular weight is 586 g/mol. The van der Waals surface area contributed by atoms with Gasteiger partial charge in [-0.15, -0.1) is 0 Å². The molecular weight excluding hydrogens is 553 g/mol. The molecule has 4 heterocycles. The molecule has 2 atom stereocenters. The Morgan fingerprint density at radius 2 is 2.02 bits per heavy atom. The van der Waals surface area contributed by atoms with Gasteiger partial charge in [-0.25, -0.2) is 14.4 Å². The van der Waals surface area contributed by atoms with Crippen molar-refractivity contribution in [2.75, 3.05) is 38.6 Å². The van der Waals surface area contributed by atoms with Crippen LogP contribution in [0.3, 0.4) is 0 Å². The second kappa shape index (κ2) is 10.7. The molecule has 2 aromatic carbocycles. The van der Waals surface area contributed by atoms with E-state index in [1.54, 1.807) is 17.3 Å². The van der Waals surface area contributed by atoms with Crippen molar-refractivity contribution in [3.8, 4) is 17.2 Å². The van der Waals surface area contributed by atoms with Crippen LogP contribution < -0.4 is 4.90 Å². The third-order valence-electron chi connectivity index (χ3n) is 9.01. The van der Waals surface area contributed by atoms with Crippen molar-refractivity contribution in [3.05, 3.63) is 65.2 Å². The Kier molecular flexibility index (Phi) is 7.16. The summed E-state index contributed by atoms with van der Waals surface area (Å²) in [6.45, 7) is 9.50. The molecule has 0 aliphatic carbocycles. The number of nitrogens with zero attached hydrogens (tertiary/aromatic N) is 7. The van der Waals surface area contributed by atoms with Crippen LogP contribution in [0.4, 0.5) is 10.2 Å². The Morgan fingerprint density at radius 1 is 1.26 bits per heavy atom. The van der Waals surface area contributed by atoms with Gasteiger partial charge in [0.15, 0.2) is 11.6 Å². The number of aryl methyl sites for hydroxylation is 1. The number of fused-ring (bicyclic) bond motifs is 3. The monoisotopic (exact) mass is 585 g/mol. The minimum atomic E-state index is -0.468. The molecule has 10 heteroatoms. The van der Waals surface area contributed by atoms with Crippen molar-refractivity contribution in [2.45, 2.75) is 44.8 Å². The Morgan fingerprint density at radius 3 is 2.71 bits per heavy atom. The smallest absolute Gasteiger partial charge is 0.246 e. The van der Waals surface area contributed by atoms with Gasteiger partial charge in [-0.1, -0.05) is 36.4 Å². The maximum absolute atomic E-state index is 16.7. The van der Waals surface area contributed by atoms with Crippen LogP contribution in [0, 0.1) is 31.0 Å². The molecule has 0 radical (unpaired) electrons. The third-order valence-corrected chi connectivity index (χ3v) is 9.31. The molecule has 2 aromatic heterocycles. The molecule has 2 fully saturated rings. The van der Waals surface area contributed by atoms with Gasteiger partial charge in [-0.3, -0.25) is 4.79 Å². The number of anilines is 1. The predicted molar refractivity (Wildman–Crippen MR) is 164 cm³/mol. The summed E-state index contributed by atoms with van der Waals surface area (Å²) in [4.78, 5) is 28.4. The Balaban J connectivity index is 1.57. The average Bonchev–Trinajstić information content (AvgIpc) is 3.55. The highest BCUT2D eigenvalue weighted by Gasteiger charge is 2.37. The molecule has 0 N–H and O–H groups in total. The summed E-state index contributed by atoms with van der Waals surface area (Å²) in [6.07, 6.45) is 3.82. The number of aromatic nitrogens is 3. The number of pyridine rings is 1. The van der Waals surface area contributed by atoms with Gasteiger partial charge in [0, 0.05) is 42.7 Å².